The van der Waals surface area contributed by atoms with Gasteiger partial charge in [0.2, 0.25) is 0 Å². The van der Waals surface area contributed by atoms with E-state index < -0.39 is 0 Å². The summed E-state index contributed by atoms with van der Waals surface area (Å²) in [6, 6.07) is 8.35. The lowest BCUT2D eigenvalue weighted by Crippen LogP contribution is -2.47. The van der Waals surface area contributed by atoms with Crippen molar-refractivity contribution in [3.63, 3.8) is 0 Å². The number of guanidine groups is 1. The number of nitrogens with zero attached hydrogens (tertiary/aromatic N) is 4. The molecule has 2 N–H and O–H groups in total. The second kappa shape index (κ2) is 12.5. The molecule has 2 atom stereocenters. The summed E-state index contributed by atoms with van der Waals surface area (Å²) in [6.45, 7) is 7.06. The molecule has 0 saturated heterocycles. The van der Waals surface area contributed by atoms with E-state index in [1.165, 1.54) is 5.56 Å². The van der Waals surface area contributed by atoms with Crippen molar-refractivity contribution in [3.05, 3.63) is 46.5 Å². The van der Waals surface area contributed by atoms with Crippen LogP contribution < -0.4 is 10.6 Å². The highest BCUT2D eigenvalue weighted by Gasteiger charge is 2.22. The first-order valence-electron chi connectivity index (χ1n) is 10.3. The summed E-state index contributed by atoms with van der Waals surface area (Å²) in [4.78, 5) is 9.41. The molecule has 0 bridgehead atoms. The summed E-state index contributed by atoms with van der Waals surface area (Å²) in [5.74, 6) is 3.00. The summed E-state index contributed by atoms with van der Waals surface area (Å²) in [5.41, 5.74) is 1.27. The summed E-state index contributed by atoms with van der Waals surface area (Å²) in [6.07, 6.45) is 2.93. The van der Waals surface area contributed by atoms with Crippen LogP contribution in [0, 0.1) is 0 Å². The second-order valence-electron chi connectivity index (χ2n) is 7.32. The van der Waals surface area contributed by atoms with Crippen LogP contribution in [0.1, 0.15) is 49.8 Å². The fourth-order valence-corrected chi connectivity index (χ4v) is 3.71. The number of ether oxygens (including phenoxy) is 1. The van der Waals surface area contributed by atoms with Crippen molar-refractivity contribution in [1.82, 2.24) is 25.4 Å². The SMILES string of the molecule is CCNC(=NCC(CC)c1ccc(Cl)cc1)NC1CCc2nc(COC)nn2C1.I. The number of nitrogens with one attached hydrogen (secondary N) is 2. The van der Waals surface area contributed by atoms with Crippen molar-refractivity contribution >= 4 is 41.5 Å². The van der Waals surface area contributed by atoms with Gasteiger partial charge in [0.1, 0.15) is 12.4 Å². The van der Waals surface area contributed by atoms with E-state index in [0.29, 0.717) is 12.5 Å². The number of hydrogen-bond donors (Lipinski definition) is 2. The molecule has 1 aromatic heterocycles. The van der Waals surface area contributed by atoms with Gasteiger partial charge in [-0.2, -0.15) is 5.10 Å². The van der Waals surface area contributed by atoms with Crippen molar-refractivity contribution in [1.29, 1.82) is 0 Å². The smallest absolute Gasteiger partial charge is 0.191 e. The molecule has 7 nitrogen and oxygen atoms in total. The molecule has 0 radical (unpaired) electrons. The lowest BCUT2D eigenvalue weighted by atomic mass is 9.97. The third kappa shape index (κ3) is 6.81. The maximum atomic E-state index is 6.03. The second-order valence-corrected chi connectivity index (χ2v) is 7.75. The Bertz CT molecular complexity index is 810. The van der Waals surface area contributed by atoms with Crippen LogP contribution in [0.3, 0.4) is 0 Å². The number of aliphatic imine (C=N–C) groups is 1. The van der Waals surface area contributed by atoms with E-state index in [1.807, 2.05) is 16.8 Å². The van der Waals surface area contributed by atoms with E-state index in [4.69, 9.17) is 21.3 Å². The van der Waals surface area contributed by atoms with Gasteiger partial charge in [-0.25, -0.2) is 9.67 Å². The largest absolute Gasteiger partial charge is 0.377 e. The van der Waals surface area contributed by atoms with E-state index in [-0.39, 0.29) is 30.0 Å². The van der Waals surface area contributed by atoms with Crippen LogP contribution in [0.25, 0.3) is 0 Å². The maximum absolute atomic E-state index is 6.03. The molecule has 0 aliphatic carbocycles. The van der Waals surface area contributed by atoms with Crippen molar-refractivity contribution < 1.29 is 4.74 Å². The molecule has 2 unspecified atom stereocenters. The number of aromatic nitrogens is 3. The van der Waals surface area contributed by atoms with E-state index in [1.54, 1.807) is 7.11 Å². The number of aryl methyl sites for hydroxylation is 1. The number of benzene rings is 1. The van der Waals surface area contributed by atoms with Gasteiger partial charge in [-0.1, -0.05) is 30.7 Å². The van der Waals surface area contributed by atoms with Gasteiger partial charge in [-0.3, -0.25) is 4.99 Å². The minimum absolute atomic E-state index is 0. The van der Waals surface area contributed by atoms with Gasteiger partial charge in [0, 0.05) is 43.6 Å². The molecule has 3 rings (SSSR count). The van der Waals surface area contributed by atoms with Crippen LogP contribution in [0.5, 0.6) is 0 Å². The van der Waals surface area contributed by atoms with Gasteiger partial charge in [0.25, 0.3) is 0 Å². The molecule has 0 fully saturated rings. The summed E-state index contributed by atoms with van der Waals surface area (Å²) in [5, 5.41) is 12.3. The number of fused-ring (bicyclic) bond motifs is 1. The number of rotatable bonds is 8. The summed E-state index contributed by atoms with van der Waals surface area (Å²) >= 11 is 6.03. The van der Waals surface area contributed by atoms with Gasteiger partial charge in [-0.15, -0.1) is 24.0 Å². The molecule has 30 heavy (non-hydrogen) atoms. The molecule has 1 aliphatic heterocycles. The Kier molecular flexibility index (Phi) is 10.3. The Labute approximate surface area is 201 Å². The molecular formula is C21H32ClIN6O. The van der Waals surface area contributed by atoms with E-state index in [0.717, 1.165) is 61.5 Å². The third-order valence-corrected chi connectivity index (χ3v) is 5.42. The number of hydrogen-bond acceptors (Lipinski definition) is 4. The molecule has 0 spiro atoms. The average molecular weight is 547 g/mol. The zero-order valence-electron chi connectivity index (χ0n) is 17.9. The quantitative estimate of drug-likeness (QED) is 0.300. The first kappa shape index (κ1) is 24.9. The summed E-state index contributed by atoms with van der Waals surface area (Å²) < 4.78 is 7.13. The zero-order chi connectivity index (χ0) is 20.6. The van der Waals surface area contributed by atoms with E-state index >= 15 is 0 Å². The van der Waals surface area contributed by atoms with Gasteiger partial charge < -0.3 is 15.4 Å². The van der Waals surface area contributed by atoms with Crippen molar-refractivity contribution in [3.8, 4) is 0 Å². The van der Waals surface area contributed by atoms with E-state index in [9.17, 15) is 0 Å². The number of halogens is 2. The van der Waals surface area contributed by atoms with Crippen molar-refractivity contribution in [2.75, 3.05) is 20.2 Å². The normalized spacial score (nSPS) is 17.1. The highest BCUT2D eigenvalue weighted by molar-refractivity contribution is 14.0. The lowest BCUT2D eigenvalue weighted by molar-refractivity contribution is 0.177. The molecule has 9 heteroatoms. The molecule has 0 saturated carbocycles. The molecule has 1 aliphatic rings. The first-order chi connectivity index (χ1) is 14.1. The molecule has 1 aromatic carbocycles. The Balaban J connectivity index is 0.00000320. The number of methoxy groups -OCH3 is 1. The van der Waals surface area contributed by atoms with Crippen LogP contribution in [0.15, 0.2) is 29.3 Å². The predicted molar refractivity (Wildman–Crippen MR) is 132 cm³/mol. The highest BCUT2D eigenvalue weighted by atomic mass is 127. The molecule has 0 amide bonds. The Hall–Kier alpha value is -1.39. The summed E-state index contributed by atoms with van der Waals surface area (Å²) in [7, 11) is 1.66. The molecule has 166 valence electrons. The zero-order valence-corrected chi connectivity index (χ0v) is 21.0. The topological polar surface area (TPSA) is 76.4 Å². The fourth-order valence-electron chi connectivity index (χ4n) is 3.59. The maximum Gasteiger partial charge on any atom is 0.191 e. The van der Waals surface area contributed by atoms with Crippen LogP contribution in [0.4, 0.5) is 0 Å². The van der Waals surface area contributed by atoms with Crippen LogP contribution >= 0.6 is 35.6 Å². The molecular weight excluding hydrogens is 515 g/mol. The van der Waals surface area contributed by atoms with Gasteiger partial charge in [-0.05, 0) is 37.5 Å². The Morgan fingerprint density at radius 1 is 1.33 bits per heavy atom. The molecule has 2 heterocycles. The van der Waals surface area contributed by atoms with Crippen LogP contribution in [-0.4, -0.2) is 47.0 Å². The standard InChI is InChI=1S/C21H31ClN6O.HI/c1-4-15(16-6-8-17(22)9-7-16)12-24-21(23-5-2)25-18-10-11-20-26-19(14-29-3)27-28(20)13-18;/h6-9,15,18H,4-5,10-14H2,1-3H3,(H2,23,24,25);1H. The predicted octanol–water partition coefficient (Wildman–Crippen LogP) is 3.76. The monoisotopic (exact) mass is 546 g/mol. The Morgan fingerprint density at radius 3 is 2.77 bits per heavy atom. The molecule has 2 aromatic rings. The van der Waals surface area contributed by atoms with Crippen molar-refractivity contribution in [2.24, 2.45) is 4.99 Å². The van der Waals surface area contributed by atoms with Gasteiger partial charge in [0.05, 0.1) is 6.54 Å². The average Bonchev–Trinajstić information content (AvgIpc) is 3.11. The highest BCUT2D eigenvalue weighted by Crippen LogP contribution is 2.22. The third-order valence-electron chi connectivity index (χ3n) is 5.16. The minimum atomic E-state index is 0. The van der Waals surface area contributed by atoms with Crippen LogP contribution in [-0.2, 0) is 24.3 Å². The lowest BCUT2D eigenvalue weighted by Gasteiger charge is -2.25. The minimum Gasteiger partial charge on any atom is -0.377 e. The first-order valence-corrected chi connectivity index (χ1v) is 10.7. The van der Waals surface area contributed by atoms with Crippen molar-refractivity contribution in [2.45, 2.75) is 58.2 Å². The fraction of sp³-hybridized carbons (Fsp3) is 0.571. The van der Waals surface area contributed by atoms with Gasteiger partial charge in [0.15, 0.2) is 11.8 Å². The van der Waals surface area contributed by atoms with E-state index in [2.05, 4.69) is 46.7 Å². The van der Waals surface area contributed by atoms with Gasteiger partial charge >= 0.3 is 0 Å². The van der Waals surface area contributed by atoms with Crippen LogP contribution in [0.2, 0.25) is 5.02 Å². The Morgan fingerprint density at radius 2 is 2.10 bits per heavy atom.